The van der Waals surface area contributed by atoms with Crippen LogP contribution in [0.5, 0.6) is 0 Å². The van der Waals surface area contributed by atoms with E-state index in [1.165, 1.54) is 32.4 Å². The van der Waals surface area contributed by atoms with Gasteiger partial charge in [-0.3, -0.25) is 0 Å². The molecule has 3 rings (SSSR count). The molecule has 0 bridgehead atoms. The number of piperidine rings is 1. The molecule has 1 N–H and O–H groups in total. The maximum absolute atomic E-state index is 10.8. The number of rotatable bonds is 3. The zero-order chi connectivity index (χ0) is 13.2. The van der Waals surface area contributed by atoms with Crippen molar-refractivity contribution >= 4 is 24.1 Å². The first-order chi connectivity index (χ1) is 9.24. The Labute approximate surface area is 125 Å². The van der Waals surface area contributed by atoms with E-state index in [0.29, 0.717) is 5.56 Å². The summed E-state index contributed by atoms with van der Waals surface area (Å²) in [5, 5.41) is 8.90. The van der Waals surface area contributed by atoms with E-state index in [-0.39, 0.29) is 12.4 Å². The van der Waals surface area contributed by atoms with E-state index < -0.39 is 5.97 Å². The van der Waals surface area contributed by atoms with E-state index in [4.69, 9.17) is 5.11 Å². The van der Waals surface area contributed by atoms with Gasteiger partial charge in [0.25, 0.3) is 0 Å². The van der Waals surface area contributed by atoms with Crippen molar-refractivity contribution in [2.24, 2.45) is 0 Å². The van der Waals surface area contributed by atoms with Gasteiger partial charge in [-0.25, -0.2) is 4.79 Å². The summed E-state index contributed by atoms with van der Waals surface area (Å²) < 4.78 is 0. The summed E-state index contributed by atoms with van der Waals surface area (Å²) in [5.74, 6) is -0.858. The topological polar surface area (TPSA) is 43.8 Å². The van der Waals surface area contributed by atoms with Gasteiger partial charge < -0.3 is 14.9 Å². The smallest absolute Gasteiger partial charge is 0.335 e. The molecule has 0 amide bonds. The third-order valence-electron chi connectivity index (χ3n) is 4.35. The van der Waals surface area contributed by atoms with Crippen LogP contribution in [-0.2, 0) is 0 Å². The summed E-state index contributed by atoms with van der Waals surface area (Å²) in [6.45, 7) is 4.71. The molecule has 0 aliphatic carbocycles. The molecular weight excluding hydrogens is 276 g/mol. The van der Waals surface area contributed by atoms with Crippen LogP contribution in [-0.4, -0.2) is 48.2 Å². The Hall–Kier alpha value is -1.26. The highest BCUT2D eigenvalue weighted by atomic mass is 35.5. The van der Waals surface area contributed by atoms with Crippen LogP contribution in [0.3, 0.4) is 0 Å². The molecule has 4 nitrogen and oxygen atoms in total. The second-order valence-corrected chi connectivity index (χ2v) is 5.46. The van der Waals surface area contributed by atoms with Crippen LogP contribution in [0.1, 0.15) is 29.6 Å². The molecule has 0 spiro atoms. The van der Waals surface area contributed by atoms with Crippen LogP contribution < -0.4 is 4.90 Å². The number of benzene rings is 1. The number of likely N-dealkylation sites (tertiary alicyclic amines) is 1. The Morgan fingerprint density at radius 2 is 1.65 bits per heavy atom. The van der Waals surface area contributed by atoms with Crippen molar-refractivity contribution in [3.63, 3.8) is 0 Å². The Morgan fingerprint density at radius 1 is 1.05 bits per heavy atom. The van der Waals surface area contributed by atoms with Gasteiger partial charge in [0, 0.05) is 24.8 Å². The molecule has 20 heavy (non-hydrogen) atoms. The van der Waals surface area contributed by atoms with Crippen LogP contribution in [0.2, 0.25) is 0 Å². The first-order valence-electron chi connectivity index (χ1n) is 7.06. The van der Waals surface area contributed by atoms with Crippen molar-refractivity contribution in [1.82, 2.24) is 4.90 Å². The van der Waals surface area contributed by atoms with Gasteiger partial charge in [-0.2, -0.15) is 0 Å². The quantitative estimate of drug-likeness (QED) is 0.931. The molecule has 0 aromatic heterocycles. The number of hydrogen-bond acceptors (Lipinski definition) is 3. The second kappa shape index (κ2) is 6.46. The number of carbonyl (C=O) groups is 1. The monoisotopic (exact) mass is 296 g/mol. The molecule has 2 saturated heterocycles. The van der Waals surface area contributed by atoms with Gasteiger partial charge in [0.1, 0.15) is 0 Å². The molecule has 1 aromatic carbocycles. The lowest BCUT2D eigenvalue weighted by atomic mass is 9.99. The first kappa shape index (κ1) is 15.1. The SMILES string of the molecule is Cl.O=C(O)c1ccc(N2CCC(N3CCC3)CC2)cc1. The number of carboxylic acids is 1. The molecule has 110 valence electrons. The van der Waals surface area contributed by atoms with Crippen molar-refractivity contribution < 1.29 is 9.90 Å². The summed E-state index contributed by atoms with van der Waals surface area (Å²) in [6.07, 6.45) is 3.80. The maximum Gasteiger partial charge on any atom is 0.335 e. The fourth-order valence-corrected chi connectivity index (χ4v) is 3.01. The number of aromatic carboxylic acids is 1. The minimum Gasteiger partial charge on any atom is -0.478 e. The zero-order valence-corrected chi connectivity index (χ0v) is 12.3. The van der Waals surface area contributed by atoms with Gasteiger partial charge in [0.2, 0.25) is 0 Å². The van der Waals surface area contributed by atoms with Crippen LogP contribution >= 0.6 is 12.4 Å². The Kier molecular flexibility index (Phi) is 4.89. The summed E-state index contributed by atoms with van der Waals surface area (Å²) >= 11 is 0. The van der Waals surface area contributed by atoms with Gasteiger partial charge in [-0.05, 0) is 56.6 Å². The fourth-order valence-electron chi connectivity index (χ4n) is 3.01. The molecule has 2 heterocycles. The number of carboxylic acid groups (broad SMARTS) is 1. The van der Waals surface area contributed by atoms with Crippen LogP contribution in [0, 0.1) is 0 Å². The average molecular weight is 297 g/mol. The number of halogens is 1. The second-order valence-electron chi connectivity index (χ2n) is 5.46. The number of nitrogens with zero attached hydrogens (tertiary/aromatic N) is 2. The Balaban J connectivity index is 0.00000147. The molecule has 0 atom stereocenters. The van der Waals surface area contributed by atoms with E-state index in [2.05, 4.69) is 9.80 Å². The molecular formula is C15H21ClN2O2. The maximum atomic E-state index is 10.8. The van der Waals surface area contributed by atoms with Crippen LogP contribution in [0.4, 0.5) is 5.69 Å². The van der Waals surface area contributed by atoms with E-state index in [1.54, 1.807) is 12.1 Å². The lowest BCUT2D eigenvalue weighted by Gasteiger charge is -2.43. The van der Waals surface area contributed by atoms with Crippen molar-refractivity contribution in [2.45, 2.75) is 25.3 Å². The third kappa shape index (κ3) is 3.07. The predicted molar refractivity (Wildman–Crippen MR) is 82.1 cm³/mol. The lowest BCUT2D eigenvalue weighted by molar-refractivity contribution is 0.0697. The molecule has 0 unspecified atom stereocenters. The summed E-state index contributed by atoms with van der Waals surface area (Å²) in [5.41, 5.74) is 1.51. The van der Waals surface area contributed by atoms with Crippen molar-refractivity contribution in [2.75, 3.05) is 31.1 Å². The largest absolute Gasteiger partial charge is 0.478 e. The van der Waals surface area contributed by atoms with E-state index in [0.717, 1.165) is 24.8 Å². The summed E-state index contributed by atoms with van der Waals surface area (Å²) in [4.78, 5) is 15.8. The predicted octanol–water partition coefficient (Wildman–Crippen LogP) is 2.48. The van der Waals surface area contributed by atoms with Crippen molar-refractivity contribution in [3.05, 3.63) is 29.8 Å². The van der Waals surface area contributed by atoms with Gasteiger partial charge >= 0.3 is 5.97 Å². The molecule has 2 aliphatic rings. The minimum absolute atomic E-state index is 0. The van der Waals surface area contributed by atoms with Crippen LogP contribution in [0.15, 0.2) is 24.3 Å². The van der Waals surface area contributed by atoms with Gasteiger partial charge in [-0.15, -0.1) is 12.4 Å². The summed E-state index contributed by atoms with van der Waals surface area (Å²) in [7, 11) is 0. The third-order valence-corrected chi connectivity index (χ3v) is 4.35. The summed E-state index contributed by atoms with van der Waals surface area (Å²) in [6, 6.07) is 8.00. The van der Waals surface area contributed by atoms with E-state index in [9.17, 15) is 4.79 Å². The van der Waals surface area contributed by atoms with Crippen molar-refractivity contribution in [3.8, 4) is 0 Å². The standard InChI is InChI=1S/C15H20N2O2.ClH/c18-15(19)12-2-4-13(5-3-12)17-10-6-14(7-11-17)16-8-1-9-16;/h2-5,14H,1,6-11H2,(H,18,19);1H. The number of anilines is 1. The van der Waals surface area contributed by atoms with Gasteiger partial charge in [0.15, 0.2) is 0 Å². The van der Waals surface area contributed by atoms with Crippen LogP contribution in [0.25, 0.3) is 0 Å². The highest BCUT2D eigenvalue weighted by Gasteiger charge is 2.27. The highest BCUT2D eigenvalue weighted by Crippen LogP contribution is 2.25. The molecule has 0 radical (unpaired) electrons. The van der Waals surface area contributed by atoms with E-state index >= 15 is 0 Å². The Morgan fingerprint density at radius 3 is 2.10 bits per heavy atom. The molecule has 2 aliphatic heterocycles. The highest BCUT2D eigenvalue weighted by molar-refractivity contribution is 5.88. The van der Waals surface area contributed by atoms with Gasteiger partial charge in [-0.1, -0.05) is 0 Å². The normalized spacial score (nSPS) is 20.1. The minimum atomic E-state index is -0.858. The Bertz CT molecular complexity index is 451. The fraction of sp³-hybridized carbons (Fsp3) is 0.533. The molecule has 1 aromatic rings. The van der Waals surface area contributed by atoms with Gasteiger partial charge in [0.05, 0.1) is 5.56 Å². The van der Waals surface area contributed by atoms with E-state index in [1.807, 2.05) is 12.1 Å². The number of hydrogen-bond donors (Lipinski definition) is 1. The lowest BCUT2D eigenvalue weighted by Crippen LogP contribution is -2.50. The molecule has 0 saturated carbocycles. The van der Waals surface area contributed by atoms with Crippen molar-refractivity contribution in [1.29, 1.82) is 0 Å². The average Bonchev–Trinajstić information content (AvgIpc) is 2.38. The molecule has 2 fully saturated rings. The zero-order valence-electron chi connectivity index (χ0n) is 11.5. The molecule has 5 heteroatoms. The first-order valence-corrected chi connectivity index (χ1v) is 7.06.